The molecule has 70 valence electrons. The smallest absolute Gasteiger partial charge is 0.0168 e. The molecule has 0 aromatic heterocycles. The molecule has 2 heteroatoms. The van der Waals surface area contributed by atoms with E-state index in [0.717, 1.165) is 13.0 Å². The lowest BCUT2D eigenvalue weighted by molar-refractivity contribution is 0.866. The van der Waals surface area contributed by atoms with Crippen LogP contribution in [-0.2, 0) is 6.42 Å². The molecule has 1 aromatic rings. The van der Waals surface area contributed by atoms with Crippen LogP contribution in [0.25, 0.3) is 6.08 Å². The van der Waals surface area contributed by atoms with Crippen molar-refractivity contribution >= 4 is 18.5 Å². The molecule has 1 N–H and O–H groups in total. The molecule has 0 fully saturated rings. The summed E-state index contributed by atoms with van der Waals surface area (Å²) in [5, 5.41) is 3.18. The number of rotatable bonds is 2. The first-order valence-electron chi connectivity index (χ1n) is 4.32. The number of nitrogens with one attached hydrogen (secondary N) is 1. The molecule has 0 atom stereocenters. The zero-order chi connectivity index (χ0) is 8.39. The molecule has 1 aliphatic rings. The predicted octanol–water partition coefficient (Wildman–Crippen LogP) is 2.27. The molecule has 1 nitrogen and oxygen atoms in total. The highest BCUT2D eigenvalue weighted by molar-refractivity contribution is 5.85. The number of hydrogen-bond acceptors (Lipinski definition) is 1. The second-order valence-electron chi connectivity index (χ2n) is 3.21. The van der Waals surface area contributed by atoms with Crippen LogP contribution in [0.15, 0.2) is 29.8 Å². The van der Waals surface area contributed by atoms with E-state index >= 15 is 0 Å². The summed E-state index contributed by atoms with van der Waals surface area (Å²) >= 11 is 0. The van der Waals surface area contributed by atoms with Crippen molar-refractivity contribution in [2.24, 2.45) is 0 Å². The fourth-order valence-electron chi connectivity index (χ4n) is 1.69. The number of likely N-dealkylation sites (N-methyl/N-ethyl adjacent to an activating group) is 1. The van der Waals surface area contributed by atoms with Crippen molar-refractivity contribution in [1.29, 1.82) is 0 Å². The largest absolute Gasteiger partial charge is 0.316 e. The van der Waals surface area contributed by atoms with Gasteiger partial charge in [0, 0.05) is 6.54 Å². The lowest BCUT2D eigenvalue weighted by Gasteiger charge is -1.98. The van der Waals surface area contributed by atoms with E-state index in [1.54, 1.807) is 0 Å². The van der Waals surface area contributed by atoms with Gasteiger partial charge in [-0.1, -0.05) is 35.9 Å². The van der Waals surface area contributed by atoms with Crippen molar-refractivity contribution in [3.05, 3.63) is 41.0 Å². The Morgan fingerprint density at radius 3 is 2.77 bits per heavy atom. The van der Waals surface area contributed by atoms with Gasteiger partial charge in [0.25, 0.3) is 0 Å². The molecule has 0 saturated carbocycles. The average Bonchev–Trinajstić information content (AvgIpc) is 2.47. The van der Waals surface area contributed by atoms with Gasteiger partial charge >= 0.3 is 0 Å². The monoisotopic (exact) mass is 195 g/mol. The molecular formula is C11H14ClN. The van der Waals surface area contributed by atoms with Gasteiger partial charge in [0.05, 0.1) is 0 Å². The van der Waals surface area contributed by atoms with Crippen LogP contribution < -0.4 is 5.32 Å². The van der Waals surface area contributed by atoms with Crippen molar-refractivity contribution in [3.8, 4) is 0 Å². The van der Waals surface area contributed by atoms with Gasteiger partial charge in [-0.2, -0.15) is 0 Å². The van der Waals surface area contributed by atoms with Gasteiger partial charge in [-0.3, -0.25) is 0 Å². The summed E-state index contributed by atoms with van der Waals surface area (Å²) in [5.74, 6) is 0. The number of halogens is 1. The molecule has 0 saturated heterocycles. The standard InChI is InChI=1S/C11H13N.ClH/c1-12-8-9-6-10-4-2-3-5-11(10)7-9;/h2-6,12H,7-8H2,1H3;1H. The third-order valence-corrected chi connectivity index (χ3v) is 2.24. The predicted molar refractivity (Wildman–Crippen MR) is 59.3 cm³/mol. The Kier molecular flexibility index (Phi) is 3.52. The third kappa shape index (κ3) is 2.11. The van der Waals surface area contributed by atoms with Gasteiger partial charge in [-0.15, -0.1) is 12.4 Å². The number of fused-ring (bicyclic) bond motifs is 1. The zero-order valence-corrected chi connectivity index (χ0v) is 8.53. The summed E-state index contributed by atoms with van der Waals surface area (Å²) < 4.78 is 0. The van der Waals surface area contributed by atoms with Crippen LogP contribution in [0.4, 0.5) is 0 Å². The molecular weight excluding hydrogens is 182 g/mol. The Morgan fingerprint density at radius 1 is 1.31 bits per heavy atom. The highest BCUT2D eigenvalue weighted by Crippen LogP contribution is 2.23. The first kappa shape index (κ1) is 10.3. The molecule has 0 radical (unpaired) electrons. The van der Waals surface area contributed by atoms with Crippen molar-refractivity contribution in [3.63, 3.8) is 0 Å². The molecule has 2 rings (SSSR count). The van der Waals surface area contributed by atoms with Gasteiger partial charge in [0.2, 0.25) is 0 Å². The summed E-state index contributed by atoms with van der Waals surface area (Å²) in [6, 6.07) is 8.58. The van der Waals surface area contributed by atoms with Crippen LogP contribution in [0, 0.1) is 0 Å². The van der Waals surface area contributed by atoms with Gasteiger partial charge in [-0.05, 0) is 24.6 Å². The number of benzene rings is 1. The van der Waals surface area contributed by atoms with Gasteiger partial charge in [0.15, 0.2) is 0 Å². The van der Waals surface area contributed by atoms with Crippen molar-refractivity contribution in [1.82, 2.24) is 5.32 Å². The summed E-state index contributed by atoms with van der Waals surface area (Å²) in [6.07, 6.45) is 3.41. The fraction of sp³-hybridized carbons (Fsp3) is 0.273. The minimum atomic E-state index is 0. The Morgan fingerprint density at radius 2 is 2.08 bits per heavy atom. The van der Waals surface area contributed by atoms with E-state index in [1.165, 1.54) is 16.7 Å². The minimum Gasteiger partial charge on any atom is -0.316 e. The molecule has 0 aliphatic heterocycles. The second kappa shape index (κ2) is 4.45. The van der Waals surface area contributed by atoms with Gasteiger partial charge in [-0.25, -0.2) is 0 Å². The van der Waals surface area contributed by atoms with E-state index in [0.29, 0.717) is 0 Å². The van der Waals surface area contributed by atoms with Crippen LogP contribution in [0.3, 0.4) is 0 Å². The Balaban J connectivity index is 0.000000845. The lowest BCUT2D eigenvalue weighted by Crippen LogP contribution is -2.09. The van der Waals surface area contributed by atoms with Gasteiger partial charge in [0.1, 0.15) is 0 Å². The van der Waals surface area contributed by atoms with Crippen molar-refractivity contribution in [2.75, 3.05) is 13.6 Å². The topological polar surface area (TPSA) is 12.0 Å². The van der Waals surface area contributed by atoms with E-state index in [1.807, 2.05) is 7.05 Å². The van der Waals surface area contributed by atoms with Crippen LogP contribution >= 0.6 is 12.4 Å². The van der Waals surface area contributed by atoms with Crippen LogP contribution in [0.1, 0.15) is 11.1 Å². The minimum absolute atomic E-state index is 0. The molecule has 0 spiro atoms. The normalized spacial score (nSPS) is 13.2. The van der Waals surface area contributed by atoms with E-state index < -0.39 is 0 Å². The molecule has 0 heterocycles. The Labute approximate surface area is 85.3 Å². The van der Waals surface area contributed by atoms with E-state index in [9.17, 15) is 0 Å². The lowest BCUT2D eigenvalue weighted by atomic mass is 10.1. The molecule has 0 unspecified atom stereocenters. The first-order valence-corrected chi connectivity index (χ1v) is 4.32. The van der Waals surface area contributed by atoms with Crippen LogP contribution in [0.5, 0.6) is 0 Å². The highest BCUT2D eigenvalue weighted by Gasteiger charge is 2.09. The van der Waals surface area contributed by atoms with Gasteiger partial charge < -0.3 is 5.32 Å². The molecule has 0 amide bonds. The summed E-state index contributed by atoms with van der Waals surface area (Å²) in [5.41, 5.74) is 4.34. The molecule has 1 aromatic carbocycles. The Hall–Kier alpha value is -0.790. The van der Waals surface area contributed by atoms with Crippen LogP contribution in [0.2, 0.25) is 0 Å². The molecule has 1 aliphatic carbocycles. The zero-order valence-electron chi connectivity index (χ0n) is 7.71. The third-order valence-electron chi connectivity index (χ3n) is 2.24. The summed E-state index contributed by atoms with van der Waals surface area (Å²) in [6.45, 7) is 1.01. The molecule has 0 bridgehead atoms. The quantitative estimate of drug-likeness (QED) is 0.764. The SMILES string of the molecule is CNCC1=Cc2ccccc2C1.Cl. The first-order chi connectivity index (χ1) is 5.90. The fourth-order valence-corrected chi connectivity index (χ4v) is 1.69. The number of hydrogen-bond donors (Lipinski definition) is 1. The Bertz CT molecular complexity index is 318. The highest BCUT2D eigenvalue weighted by atomic mass is 35.5. The van der Waals surface area contributed by atoms with E-state index in [4.69, 9.17) is 0 Å². The van der Waals surface area contributed by atoms with E-state index in [-0.39, 0.29) is 12.4 Å². The maximum absolute atomic E-state index is 3.18. The maximum atomic E-state index is 3.18. The molecule has 13 heavy (non-hydrogen) atoms. The average molecular weight is 196 g/mol. The maximum Gasteiger partial charge on any atom is 0.0168 e. The van der Waals surface area contributed by atoms with Crippen molar-refractivity contribution in [2.45, 2.75) is 6.42 Å². The van der Waals surface area contributed by atoms with Crippen molar-refractivity contribution < 1.29 is 0 Å². The summed E-state index contributed by atoms with van der Waals surface area (Å²) in [7, 11) is 1.99. The second-order valence-corrected chi connectivity index (χ2v) is 3.21. The summed E-state index contributed by atoms with van der Waals surface area (Å²) in [4.78, 5) is 0. The van der Waals surface area contributed by atoms with E-state index in [2.05, 4.69) is 35.7 Å². The van der Waals surface area contributed by atoms with Crippen LogP contribution in [-0.4, -0.2) is 13.6 Å².